The molecule has 0 aliphatic heterocycles. The molecule has 2 aromatic rings. The molecule has 1 heterocycles. The molecule has 0 radical (unpaired) electrons. The maximum absolute atomic E-state index is 5.59. The number of hydrogen-bond acceptors (Lipinski definition) is 3. The summed E-state index contributed by atoms with van der Waals surface area (Å²) in [4.78, 5) is 8.76. The molecule has 6 nitrogen and oxygen atoms in total. The Hall–Kier alpha value is -1.61. The number of ether oxygens (including phenoxy) is 1. The number of hydrogen-bond donors (Lipinski definition) is 2. The largest absolute Gasteiger partial charge is 0.381 e. The zero-order valence-corrected chi connectivity index (χ0v) is 19.6. The Balaban J connectivity index is 0.00000392. The molecule has 1 aromatic heterocycles. The van der Waals surface area contributed by atoms with E-state index in [0.29, 0.717) is 5.92 Å². The topological polar surface area (TPSA) is 63.5 Å². The van der Waals surface area contributed by atoms with Gasteiger partial charge in [0, 0.05) is 58.7 Å². The third kappa shape index (κ3) is 9.54. The van der Waals surface area contributed by atoms with Crippen LogP contribution in [0.25, 0.3) is 0 Å². The van der Waals surface area contributed by atoms with Crippen LogP contribution in [0.2, 0.25) is 0 Å². The summed E-state index contributed by atoms with van der Waals surface area (Å²) in [6.45, 7) is 8.40. The second-order valence-corrected chi connectivity index (χ2v) is 6.96. The highest BCUT2D eigenvalue weighted by atomic mass is 127. The lowest BCUT2D eigenvalue weighted by molar-refractivity contribution is 0.108. The van der Waals surface area contributed by atoms with Gasteiger partial charge in [-0.3, -0.25) is 4.99 Å². The van der Waals surface area contributed by atoms with E-state index in [1.54, 1.807) is 7.05 Å². The number of nitrogens with zero attached hydrogens (tertiary/aromatic N) is 3. The number of aromatic nitrogens is 2. The minimum atomic E-state index is 0. The van der Waals surface area contributed by atoms with Crippen molar-refractivity contribution < 1.29 is 4.74 Å². The van der Waals surface area contributed by atoms with Crippen LogP contribution in [-0.4, -0.2) is 48.9 Å². The summed E-state index contributed by atoms with van der Waals surface area (Å²) >= 11 is 0. The van der Waals surface area contributed by atoms with Gasteiger partial charge in [-0.15, -0.1) is 24.0 Å². The van der Waals surface area contributed by atoms with Gasteiger partial charge in [-0.25, -0.2) is 4.98 Å². The number of rotatable bonds is 11. The zero-order valence-electron chi connectivity index (χ0n) is 17.2. The molecule has 28 heavy (non-hydrogen) atoms. The first-order valence-electron chi connectivity index (χ1n) is 9.75. The second-order valence-electron chi connectivity index (χ2n) is 6.96. The first-order chi connectivity index (χ1) is 13.2. The predicted molar refractivity (Wildman–Crippen MR) is 127 cm³/mol. The quantitative estimate of drug-likeness (QED) is 0.216. The van der Waals surface area contributed by atoms with E-state index in [4.69, 9.17) is 4.74 Å². The molecule has 0 saturated carbocycles. The highest BCUT2D eigenvalue weighted by Crippen LogP contribution is 2.05. The Morgan fingerprint density at radius 2 is 1.93 bits per heavy atom. The molecule has 1 aromatic carbocycles. The van der Waals surface area contributed by atoms with E-state index >= 15 is 0 Å². The van der Waals surface area contributed by atoms with Crippen LogP contribution in [0, 0.1) is 5.92 Å². The fourth-order valence-corrected chi connectivity index (χ4v) is 2.71. The smallest absolute Gasteiger partial charge is 0.190 e. The van der Waals surface area contributed by atoms with Crippen LogP contribution < -0.4 is 10.6 Å². The molecule has 156 valence electrons. The number of guanidine groups is 1. The zero-order chi connectivity index (χ0) is 19.3. The van der Waals surface area contributed by atoms with Gasteiger partial charge >= 0.3 is 0 Å². The second kappa shape index (κ2) is 14.4. The number of nitrogens with one attached hydrogen (secondary N) is 2. The van der Waals surface area contributed by atoms with Crippen molar-refractivity contribution in [2.45, 2.75) is 33.2 Å². The van der Waals surface area contributed by atoms with Gasteiger partial charge in [-0.2, -0.15) is 0 Å². The first-order valence-corrected chi connectivity index (χ1v) is 9.75. The van der Waals surface area contributed by atoms with Crippen molar-refractivity contribution in [1.82, 2.24) is 20.2 Å². The summed E-state index contributed by atoms with van der Waals surface area (Å²) in [5.74, 6) is 2.48. The number of aliphatic imine (C=N–C) groups is 1. The summed E-state index contributed by atoms with van der Waals surface area (Å²) in [5, 5.41) is 6.68. The normalized spacial score (nSPS) is 11.4. The lowest BCUT2D eigenvalue weighted by Crippen LogP contribution is -2.39. The molecule has 0 saturated heterocycles. The first kappa shape index (κ1) is 24.4. The Morgan fingerprint density at radius 3 is 2.64 bits per heavy atom. The molecule has 2 rings (SSSR count). The summed E-state index contributed by atoms with van der Waals surface area (Å²) in [6.07, 6.45) is 5.71. The van der Waals surface area contributed by atoms with Crippen molar-refractivity contribution in [3.63, 3.8) is 0 Å². The molecule has 2 N–H and O–H groups in total. The van der Waals surface area contributed by atoms with Gasteiger partial charge in [0.05, 0.1) is 0 Å². The molecule has 0 amide bonds. The fourth-order valence-electron chi connectivity index (χ4n) is 2.71. The highest BCUT2D eigenvalue weighted by Gasteiger charge is 2.04. The molecule has 0 atom stereocenters. The summed E-state index contributed by atoms with van der Waals surface area (Å²) in [5.41, 5.74) is 1.28. The molecule has 0 aliphatic carbocycles. The van der Waals surface area contributed by atoms with Crippen molar-refractivity contribution in [3.8, 4) is 0 Å². The monoisotopic (exact) mass is 499 g/mol. The maximum Gasteiger partial charge on any atom is 0.190 e. The lowest BCUT2D eigenvalue weighted by Gasteiger charge is -2.13. The molecule has 7 heteroatoms. The minimum Gasteiger partial charge on any atom is -0.381 e. The van der Waals surface area contributed by atoms with E-state index in [1.165, 1.54) is 5.56 Å². The van der Waals surface area contributed by atoms with Crippen molar-refractivity contribution in [2.75, 3.05) is 33.4 Å². The van der Waals surface area contributed by atoms with Crippen LogP contribution in [0.4, 0.5) is 0 Å². The van der Waals surface area contributed by atoms with Gasteiger partial charge in [0.15, 0.2) is 5.96 Å². The van der Waals surface area contributed by atoms with E-state index in [-0.39, 0.29) is 24.0 Å². The molecule has 0 aliphatic rings. The van der Waals surface area contributed by atoms with Gasteiger partial charge in [-0.1, -0.05) is 44.2 Å². The predicted octanol–water partition coefficient (Wildman–Crippen LogP) is 3.32. The van der Waals surface area contributed by atoms with E-state index in [9.17, 15) is 0 Å². The Morgan fingerprint density at radius 1 is 1.18 bits per heavy atom. The van der Waals surface area contributed by atoms with Crippen molar-refractivity contribution >= 4 is 29.9 Å². The third-order valence-electron chi connectivity index (χ3n) is 4.07. The minimum absolute atomic E-state index is 0. The van der Waals surface area contributed by atoms with Crippen LogP contribution in [0.1, 0.15) is 31.7 Å². The van der Waals surface area contributed by atoms with Gasteiger partial charge in [-0.05, 0) is 17.9 Å². The average Bonchev–Trinajstić information content (AvgIpc) is 3.10. The molecule has 0 bridgehead atoms. The molecule has 0 fully saturated rings. The standard InChI is InChI=1S/C21H33N5O.HI/c1-18(2)17-27-15-7-11-24-21(22-3)25-12-10-20-23-13-14-26(20)16-19-8-5-4-6-9-19;/h4-6,8-9,13-14,18H,7,10-12,15-17H2,1-3H3,(H2,22,24,25);1H. The Labute approximate surface area is 186 Å². The van der Waals surface area contributed by atoms with Gasteiger partial charge in [0.25, 0.3) is 0 Å². The van der Waals surface area contributed by atoms with E-state index in [2.05, 4.69) is 63.3 Å². The lowest BCUT2D eigenvalue weighted by atomic mass is 10.2. The van der Waals surface area contributed by atoms with Crippen LogP contribution >= 0.6 is 24.0 Å². The van der Waals surface area contributed by atoms with Crippen molar-refractivity contribution in [3.05, 3.63) is 54.1 Å². The van der Waals surface area contributed by atoms with Gasteiger partial charge < -0.3 is 19.9 Å². The van der Waals surface area contributed by atoms with E-state index in [1.807, 2.05) is 18.5 Å². The molecular weight excluding hydrogens is 465 g/mol. The van der Waals surface area contributed by atoms with Crippen LogP contribution in [-0.2, 0) is 17.7 Å². The van der Waals surface area contributed by atoms with E-state index in [0.717, 1.165) is 57.5 Å². The SMILES string of the molecule is CN=C(NCCCOCC(C)C)NCCc1nccn1Cc1ccccc1.I. The maximum atomic E-state index is 5.59. The van der Waals surface area contributed by atoms with Crippen LogP contribution in [0.5, 0.6) is 0 Å². The number of imidazole rings is 1. The summed E-state index contributed by atoms with van der Waals surface area (Å²) in [6, 6.07) is 10.4. The highest BCUT2D eigenvalue weighted by molar-refractivity contribution is 14.0. The Bertz CT molecular complexity index is 672. The summed E-state index contributed by atoms with van der Waals surface area (Å²) in [7, 11) is 1.79. The van der Waals surface area contributed by atoms with Gasteiger partial charge in [0.1, 0.15) is 5.82 Å². The number of halogens is 1. The molecule has 0 unspecified atom stereocenters. The van der Waals surface area contributed by atoms with Gasteiger partial charge in [0.2, 0.25) is 0 Å². The van der Waals surface area contributed by atoms with E-state index < -0.39 is 0 Å². The van der Waals surface area contributed by atoms with Crippen LogP contribution in [0.3, 0.4) is 0 Å². The van der Waals surface area contributed by atoms with Crippen LogP contribution in [0.15, 0.2) is 47.7 Å². The molecular formula is C21H34IN5O. The fraction of sp³-hybridized carbons (Fsp3) is 0.524. The third-order valence-corrected chi connectivity index (χ3v) is 4.07. The average molecular weight is 499 g/mol. The summed E-state index contributed by atoms with van der Waals surface area (Å²) < 4.78 is 7.79. The van der Waals surface area contributed by atoms with Crippen molar-refractivity contribution in [2.24, 2.45) is 10.9 Å². The Kier molecular flexibility index (Phi) is 12.6. The van der Waals surface area contributed by atoms with Crippen molar-refractivity contribution in [1.29, 1.82) is 0 Å². The number of benzene rings is 1. The molecule has 0 spiro atoms.